The normalized spacial score (nSPS) is 12.6. The molecule has 0 fully saturated rings. The average molecular weight is 253 g/mol. The highest BCUT2D eigenvalue weighted by molar-refractivity contribution is 7.99. The third-order valence-corrected chi connectivity index (χ3v) is 4.63. The maximum Gasteiger partial charge on any atom is 0.136 e. The fraction of sp³-hybridized carbons (Fsp3) is 0.167. The predicted molar refractivity (Wildman–Crippen MR) is 68.4 cm³/mol. The van der Waals surface area contributed by atoms with Crippen molar-refractivity contribution in [2.75, 3.05) is 6.54 Å². The van der Waals surface area contributed by atoms with Crippen LogP contribution in [0.2, 0.25) is 0 Å². The molecule has 0 bridgehead atoms. The van der Waals surface area contributed by atoms with E-state index >= 15 is 0 Å². The largest absolute Gasteiger partial charge is 0.329 e. The number of halogens is 1. The van der Waals surface area contributed by atoms with Crippen LogP contribution in [0.15, 0.2) is 46.7 Å². The molecule has 2 N–H and O–H groups in total. The molecule has 0 aliphatic heterocycles. The van der Waals surface area contributed by atoms with Crippen molar-refractivity contribution in [1.82, 2.24) is 0 Å². The number of thioether (sulfide) groups is 1. The lowest BCUT2D eigenvalue weighted by atomic mass is 10.3. The lowest BCUT2D eigenvalue weighted by Crippen LogP contribution is -2.08. The third kappa shape index (κ3) is 2.64. The molecule has 1 unspecified atom stereocenters. The van der Waals surface area contributed by atoms with E-state index in [1.807, 2.05) is 23.6 Å². The molecule has 2 rings (SSSR count). The summed E-state index contributed by atoms with van der Waals surface area (Å²) < 4.78 is 13.5. The van der Waals surface area contributed by atoms with Crippen molar-refractivity contribution in [1.29, 1.82) is 0 Å². The van der Waals surface area contributed by atoms with Gasteiger partial charge in [-0.1, -0.05) is 18.2 Å². The number of benzene rings is 1. The van der Waals surface area contributed by atoms with E-state index in [2.05, 4.69) is 0 Å². The van der Waals surface area contributed by atoms with Gasteiger partial charge in [0.05, 0.1) is 5.25 Å². The maximum atomic E-state index is 13.5. The van der Waals surface area contributed by atoms with Gasteiger partial charge < -0.3 is 5.73 Å². The Hall–Kier alpha value is -0.840. The second-order valence-electron chi connectivity index (χ2n) is 3.29. The van der Waals surface area contributed by atoms with Crippen LogP contribution in [0, 0.1) is 5.82 Å². The minimum Gasteiger partial charge on any atom is -0.329 e. The van der Waals surface area contributed by atoms with Gasteiger partial charge in [0.25, 0.3) is 0 Å². The van der Waals surface area contributed by atoms with Gasteiger partial charge in [-0.25, -0.2) is 4.39 Å². The summed E-state index contributed by atoms with van der Waals surface area (Å²) in [6, 6.07) is 10.8. The molecule has 1 atom stereocenters. The van der Waals surface area contributed by atoms with Crippen LogP contribution in [0.5, 0.6) is 0 Å². The van der Waals surface area contributed by atoms with E-state index < -0.39 is 0 Å². The first-order valence-corrected chi connectivity index (χ1v) is 6.72. The molecule has 0 amide bonds. The molecule has 1 aromatic carbocycles. The first kappa shape index (κ1) is 11.6. The van der Waals surface area contributed by atoms with Crippen molar-refractivity contribution in [3.63, 3.8) is 0 Å². The van der Waals surface area contributed by atoms with Crippen molar-refractivity contribution in [3.05, 3.63) is 52.5 Å². The van der Waals surface area contributed by atoms with Gasteiger partial charge in [-0.15, -0.1) is 23.1 Å². The first-order chi connectivity index (χ1) is 7.81. The summed E-state index contributed by atoms with van der Waals surface area (Å²) in [5.74, 6) is -0.178. The Labute approximate surface area is 102 Å². The summed E-state index contributed by atoms with van der Waals surface area (Å²) in [4.78, 5) is 1.85. The van der Waals surface area contributed by atoms with E-state index in [4.69, 9.17) is 5.73 Å². The second-order valence-corrected chi connectivity index (χ2v) is 5.51. The molecule has 0 radical (unpaired) electrons. The van der Waals surface area contributed by atoms with Crippen molar-refractivity contribution in [2.45, 2.75) is 10.1 Å². The molecule has 0 saturated heterocycles. The minimum atomic E-state index is -0.178. The molecular formula is C12H12FNS2. The molecule has 1 heterocycles. The number of rotatable bonds is 4. The van der Waals surface area contributed by atoms with E-state index in [1.54, 1.807) is 23.5 Å². The molecule has 4 heteroatoms. The van der Waals surface area contributed by atoms with Gasteiger partial charge in [0.2, 0.25) is 0 Å². The quantitative estimate of drug-likeness (QED) is 0.841. The van der Waals surface area contributed by atoms with Gasteiger partial charge >= 0.3 is 0 Å². The monoisotopic (exact) mass is 253 g/mol. The zero-order chi connectivity index (χ0) is 11.4. The lowest BCUT2D eigenvalue weighted by Gasteiger charge is -2.12. The number of hydrogen-bond acceptors (Lipinski definition) is 3. The van der Waals surface area contributed by atoms with Crippen LogP contribution in [0.1, 0.15) is 10.1 Å². The highest BCUT2D eigenvalue weighted by atomic mass is 32.2. The van der Waals surface area contributed by atoms with Crippen LogP contribution in [0.4, 0.5) is 4.39 Å². The average Bonchev–Trinajstić information content (AvgIpc) is 2.81. The Morgan fingerprint density at radius 1 is 1.25 bits per heavy atom. The summed E-state index contributed by atoms with van der Waals surface area (Å²) in [5, 5.41) is 2.15. The highest BCUT2D eigenvalue weighted by Gasteiger charge is 2.14. The van der Waals surface area contributed by atoms with Crippen molar-refractivity contribution in [2.24, 2.45) is 5.73 Å². The van der Waals surface area contributed by atoms with E-state index in [9.17, 15) is 4.39 Å². The molecular weight excluding hydrogens is 241 g/mol. The van der Waals surface area contributed by atoms with Crippen LogP contribution in [0.25, 0.3) is 0 Å². The van der Waals surface area contributed by atoms with E-state index in [0.717, 1.165) is 0 Å². The Morgan fingerprint density at radius 2 is 2.06 bits per heavy atom. The Morgan fingerprint density at radius 3 is 2.69 bits per heavy atom. The zero-order valence-corrected chi connectivity index (χ0v) is 10.2. The number of thiophene rings is 1. The van der Waals surface area contributed by atoms with Crippen molar-refractivity contribution in [3.8, 4) is 0 Å². The van der Waals surface area contributed by atoms with Gasteiger partial charge in [0, 0.05) is 16.3 Å². The molecule has 0 saturated carbocycles. The highest BCUT2D eigenvalue weighted by Crippen LogP contribution is 2.37. The number of nitrogens with two attached hydrogens (primary N) is 1. The topological polar surface area (TPSA) is 26.0 Å². The lowest BCUT2D eigenvalue weighted by molar-refractivity contribution is 0.601. The fourth-order valence-corrected chi connectivity index (χ4v) is 3.36. The van der Waals surface area contributed by atoms with Crippen LogP contribution >= 0.6 is 23.1 Å². The summed E-state index contributed by atoms with van der Waals surface area (Å²) in [6.07, 6.45) is 0. The Kier molecular flexibility index (Phi) is 3.98. The van der Waals surface area contributed by atoms with Gasteiger partial charge in [0.1, 0.15) is 5.82 Å². The van der Waals surface area contributed by atoms with Crippen molar-refractivity contribution < 1.29 is 4.39 Å². The second kappa shape index (κ2) is 5.48. The molecule has 0 spiro atoms. The zero-order valence-electron chi connectivity index (χ0n) is 8.60. The van der Waals surface area contributed by atoms with Gasteiger partial charge in [-0.3, -0.25) is 0 Å². The van der Waals surface area contributed by atoms with Crippen LogP contribution < -0.4 is 5.73 Å². The molecule has 0 aliphatic carbocycles. The maximum absolute atomic E-state index is 13.5. The van der Waals surface area contributed by atoms with Gasteiger partial charge in [-0.2, -0.15) is 0 Å². The van der Waals surface area contributed by atoms with E-state index in [-0.39, 0.29) is 11.1 Å². The summed E-state index contributed by atoms with van der Waals surface area (Å²) >= 11 is 3.14. The van der Waals surface area contributed by atoms with Crippen molar-refractivity contribution >= 4 is 23.1 Å². The van der Waals surface area contributed by atoms with E-state index in [0.29, 0.717) is 11.4 Å². The smallest absolute Gasteiger partial charge is 0.136 e. The van der Waals surface area contributed by atoms with Crippen LogP contribution in [0.3, 0.4) is 0 Å². The molecule has 0 aliphatic rings. The molecule has 2 aromatic rings. The van der Waals surface area contributed by atoms with Crippen LogP contribution in [-0.4, -0.2) is 6.54 Å². The number of hydrogen-bond donors (Lipinski definition) is 1. The fourth-order valence-electron chi connectivity index (χ4n) is 1.39. The Bertz CT molecular complexity index is 442. The van der Waals surface area contributed by atoms with Gasteiger partial charge in [0.15, 0.2) is 0 Å². The third-order valence-electron chi connectivity index (χ3n) is 2.18. The standard InChI is InChI=1S/C12H12FNS2/c13-9-4-1-2-5-10(9)16-12(8-14)11-6-3-7-15-11/h1-7,12H,8,14H2. The molecule has 1 nitrogen and oxygen atoms in total. The SMILES string of the molecule is NCC(Sc1ccccc1F)c1cccs1. The molecule has 84 valence electrons. The summed E-state index contributed by atoms with van der Waals surface area (Å²) in [5.41, 5.74) is 5.73. The molecule has 1 aromatic heterocycles. The summed E-state index contributed by atoms with van der Waals surface area (Å²) in [7, 11) is 0. The Balaban J connectivity index is 2.17. The first-order valence-electron chi connectivity index (χ1n) is 4.96. The van der Waals surface area contributed by atoms with Crippen LogP contribution in [-0.2, 0) is 0 Å². The van der Waals surface area contributed by atoms with Gasteiger partial charge in [-0.05, 0) is 23.6 Å². The molecule has 16 heavy (non-hydrogen) atoms. The predicted octanol–water partition coefficient (Wildman–Crippen LogP) is 3.68. The summed E-state index contributed by atoms with van der Waals surface area (Å²) in [6.45, 7) is 0.513. The van der Waals surface area contributed by atoms with E-state index in [1.165, 1.54) is 22.7 Å². The minimum absolute atomic E-state index is 0.136.